The summed E-state index contributed by atoms with van der Waals surface area (Å²) < 4.78 is 1.66. The molecule has 0 fully saturated rings. The number of hydrogen-bond donors (Lipinski definition) is 1. The highest BCUT2D eigenvalue weighted by Gasteiger charge is 2.27. The van der Waals surface area contributed by atoms with Crippen LogP contribution in [-0.2, 0) is 6.42 Å². The van der Waals surface area contributed by atoms with Gasteiger partial charge in [-0.25, -0.2) is 4.68 Å². The highest BCUT2D eigenvalue weighted by molar-refractivity contribution is 7.08. The lowest BCUT2D eigenvalue weighted by Crippen LogP contribution is -2.06. The van der Waals surface area contributed by atoms with Gasteiger partial charge in [-0.15, -0.1) is 0 Å². The van der Waals surface area contributed by atoms with Gasteiger partial charge in [0, 0.05) is 29.1 Å². The highest BCUT2D eigenvalue weighted by atomic mass is 32.1. The Hall–Kier alpha value is -2.67. The van der Waals surface area contributed by atoms with E-state index in [9.17, 15) is 10.1 Å². The Morgan fingerprint density at radius 1 is 1.32 bits per heavy atom. The summed E-state index contributed by atoms with van der Waals surface area (Å²) in [7, 11) is 0. The molecular formula is C15H12N4O2S. The largest absolute Gasteiger partial charge is 0.369 e. The Morgan fingerprint density at radius 2 is 2.18 bits per heavy atom. The first-order valence-corrected chi connectivity index (χ1v) is 7.82. The van der Waals surface area contributed by atoms with E-state index in [-0.39, 0.29) is 10.6 Å². The molecule has 0 atom stereocenters. The minimum Gasteiger partial charge on any atom is -0.369 e. The minimum absolute atomic E-state index is 0.0540. The van der Waals surface area contributed by atoms with E-state index >= 15 is 0 Å². The molecule has 1 aliphatic rings. The van der Waals surface area contributed by atoms with Gasteiger partial charge in [-0.3, -0.25) is 10.1 Å². The van der Waals surface area contributed by atoms with Crippen molar-refractivity contribution in [1.82, 2.24) is 9.78 Å². The molecule has 7 heteroatoms. The van der Waals surface area contributed by atoms with E-state index in [2.05, 4.69) is 10.4 Å². The zero-order valence-corrected chi connectivity index (χ0v) is 12.3. The summed E-state index contributed by atoms with van der Waals surface area (Å²) in [6.07, 6.45) is 0.876. The van der Waals surface area contributed by atoms with E-state index in [0.29, 0.717) is 5.69 Å². The molecule has 0 saturated heterocycles. The number of nitrogens with zero attached hydrogens (tertiary/aromatic N) is 3. The Labute approximate surface area is 130 Å². The van der Waals surface area contributed by atoms with Crippen LogP contribution in [0.15, 0.2) is 41.1 Å². The number of anilines is 1. The van der Waals surface area contributed by atoms with Crippen molar-refractivity contribution in [1.29, 1.82) is 0 Å². The Morgan fingerprint density at radius 3 is 2.95 bits per heavy atom. The molecule has 3 aromatic rings. The van der Waals surface area contributed by atoms with Crippen molar-refractivity contribution >= 4 is 22.8 Å². The molecule has 1 aliphatic heterocycles. The first-order chi connectivity index (χ1) is 10.8. The molecule has 1 aromatic carbocycles. The summed E-state index contributed by atoms with van der Waals surface area (Å²) in [6.45, 7) is 0.824. The first kappa shape index (κ1) is 13.0. The van der Waals surface area contributed by atoms with Gasteiger partial charge in [0.2, 0.25) is 0 Å². The molecule has 110 valence electrons. The molecule has 0 radical (unpaired) electrons. The maximum Gasteiger partial charge on any atom is 0.294 e. The number of nitrogens with one attached hydrogen (secondary N) is 1. The smallest absolute Gasteiger partial charge is 0.294 e. The van der Waals surface area contributed by atoms with Gasteiger partial charge < -0.3 is 5.32 Å². The summed E-state index contributed by atoms with van der Waals surface area (Å²) in [5.74, 6) is 0.857. The first-order valence-electron chi connectivity index (χ1n) is 6.88. The number of para-hydroxylation sites is 2. The topological polar surface area (TPSA) is 73.0 Å². The van der Waals surface area contributed by atoms with E-state index in [1.165, 1.54) is 6.07 Å². The SMILES string of the molecule is O=[N+]([O-])c1ccccc1-n1nc(-c2ccsc2)c2c1NCC2. The molecule has 0 unspecified atom stereocenters. The van der Waals surface area contributed by atoms with Crippen LogP contribution < -0.4 is 5.32 Å². The molecule has 2 aromatic heterocycles. The molecule has 3 heterocycles. The molecule has 6 nitrogen and oxygen atoms in total. The van der Waals surface area contributed by atoms with E-state index in [4.69, 9.17) is 0 Å². The van der Waals surface area contributed by atoms with Crippen LogP contribution in [0, 0.1) is 10.1 Å². The van der Waals surface area contributed by atoms with Crippen LogP contribution in [0.1, 0.15) is 5.56 Å². The summed E-state index contributed by atoms with van der Waals surface area (Å²) in [4.78, 5) is 10.9. The highest BCUT2D eigenvalue weighted by Crippen LogP contribution is 2.37. The number of hydrogen-bond acceptors (Lipinski definition) is 5. The lowest BCUT2D eigenvalue weighted by atomic mass is 10.1. The second-order valence-electron chi connectivity index (χ2n) is 5.02. The van der Waals surface area contributed by atoms with Crippen molar-refractivity contribution in [2.24, 2.45) is 0 Å². The summed E-state index contributed by atoms with van der Waals surface area (Å²) in [5.41, 5.74) is 3.62. The maximum atomic E-state index is 11.3. The van der Waals surface area contributed by atoms with E-state index < -0.39 is 0 Å². The van der Waals surface area contributed by atoms with Crippen LogP contribution in [0.2, 0.25) is 0 Å². The summed E-state index contributed by atoms with van der Waals surface area (Å²) in [5, 5.41) is 23.3. The van der Waals surface area contributed by atoms with Crippen molar-refractivity contribution in [3.63, 3.8) is 0 Å². The lowest BCUT2D eigenvalue weighted by Gasteiger charge is -2.06. The standard InChI is InChI=1S/C15H12N4O2S/c20-19(21)13-4-2-1-3-12(13)18-15-11(5-7-16-15)14(17-18)10-6-8-22-9-10/h1-4,6,8-9,16H,5,7H2. The molecule has 0 bridgehead atoms. The average molecular weight is 312 g/mol. The van der Waals surface area contributed by atoms with Gasteiger partial charge in [0.25, 0.3) is 5.69 Å². The van der Waals surface area contributed by atoms with Crippen molar-refractivity contribution in [3.05, 3.63) is 56.8 Å². The molecule has 4 rings (SSSR count). The van der Waals surface area contributed by atoms with Crippen molar-refractivity contribution in [2.75, 3.05) is 11.9 Å². The quantitative estimate of drug-likeness (QED) is 0.593. The second-order valence-corrected chi connectivity index (χ2v) is 5.80. The van der Waals surface area contributed by atoms with Crippen molar-refractivity contribution in [3.8, 4) is 16.9 Å². The van der Waals surface area contributed by atoms with Crippen molar-refractivity contribution in [2.45, 2.75) is 6.42 Å². The minimum atomic E-state index is -0.372. The fourth-order valence-corrected chi connectivity index (χ4v) is 3.42. The summed E-state index contributed by atoms with van der Waals surface area (Å²) in [6, 6.07) is 8.70. The maximum absolute atomic E-state index is 11.3. The van der Waals surface area contributed by atoms with Crippen LogP contribution in [0.4, 0.5) is 11.5 Å². The van der Waals surface area contributed by atoms with Crippen LogP contribution in [0.25, 0.3) is 16.9 Å². The van der Waals surface area contributed by atoms with Gasteiger partial charge in [0.1, 0.15) is 11.5 Å². The number of thiophene rings is 1. The molecule has 0 amide bonds. The molecule has 0 saturated carbocycles. The number of nitro benzene ring substituents is 1. The molecule has 0 spiro atoms. The second kappa shape index (κ2) is 4.96. The third-order valence-electron chi connectivity index (χ3n) is 3.75. The van der Waals surface area contributed by atoms with Crippen molar-refractivity contribution < 1.29 is 4.92 Å². The van der Waals surface area contributed by atoms with Crippen LogP contribution in [0.5, 0.6) is 0 Å². The normalized spacial score (nSPS) is 12.9. The van der Waals surface area contributed by atoms with Gasteiger partial charge in [-0.2, -0.15) is 16.4 Å². The fourth-order valence-electron chi connectivity index (χ4n) is 2.78. The predicted molar refractivity (Wildman–Crippen MR) is 85.7 cm³/mol. The molecule has 1 N–H and O–H groups in total. The molecule has 22 heavy (non-hydrogen) atoms. The van der Waals surface area contributed by atoms with Crippen LogP contribution >= 0.6 is 11.3 Å². The van der Waals surface area contributed by atoms with Gasteiger partial charge >= 0.3 is 0 Å². The molecule has 0 aliphatic carbocycles. The Balaban J connectivity index is 1.95. The zero-order chi connectivity index (χ0) is 15.1. The van der Waals surface area contributed by atoms with Crippen LogP contribution in [0.3, 0.4) is 0 Å². The number of benzene rings is 1. The average Bonchev–Trinajstić information content (AvgIpc) is 3.24. The lowest BCUT2D eigenvalue weighted by molar-refractivity contribution is -0.384. The van der Waals surface area contributed by atoms with E-state index in [1.807, 2.05) is 16.8 Å². The fraction of sp³-hybridized carbons (Fsp3) is 0.133. The number of nitro groups is 1. The molecular weight excluding hydrogens is 300 g/mol. The summed E-state index contributed by atoms with van der Waals surface area (Å²) >= 11 is 1.62. The van der Waals surface area contributed by atoms with E-state index in [0.717, 1.165) is 35.6 Å². The predicted octanol–water partition coefficient (Wildman–Crippen LogP) is 3.48. The number of aromatic nitrogens is 2. The zero-order valence-electron chi connectivity index (χ0n) is 11.5. The van der Waals surface area contributed by atoms with Gasteiger partial charge in [-0.1, -0.05) is 12.1 Å². The van der Waals surface area contributed by atoms with E-state index in [1.54, 1.807) is 34.2 Å². The number of fused-ring (bicyclic) bond motifs is 1. The third kappa shape index (κ3) is 1.90. The monoisotopic (exact) mass is 312 g/mol. The number of rotatable bonds is 3. The third-order valence-corrected chi connectivity index (χ3v) is 4.44. The van der Waals surface area contributed by atoms with Gasteiger partial charge in [0.05, 0.1) is 10.6 Å². The van der Waals surface area contributed by atoms with Crippen LogP contribution in [-0.4, -0.2) is 21.2 Å². The Kier molecular flexibility index (Phi) is 2.93. The van der Waals surface area contributed by atoms with Gasteiger partial charge in [-0.05, 0) is 23.9 Å². The van der Waals surface area contributed by atoms with Gasteiger partial charge in [0.15, 0.2) is 0 Å². The Bertz CT molecular complexity index is 855.